The standard InChI is InChI=1S/C14H28N2/c1-12(2)6-4-10-16-11-5-8-14(16)13-7-3-9-15-13/h12-15H,3-11H2,1-2H3. The second-order valence-corrected chi connectivity index (χ2v) is 5.98. The van der Waals surface area contributed by atoms with Crippen LogP contribution in [0.3, 0.4) is 0 Å². The molecule has 0 aromatic rings. The van der Waals surface area contributed by atoms with Crippen molar-refractivity contribution in [1.82, 2.24) is 10.2 Å². The summed E-state index contributed by atoms with van der Waals surface area (Å²) < 4.78 is 0. The topological polar surface area (TPSA) is 15.3 Å². The zero-order valence-corrected chi connectivity index (χ0v) is 11.0. The van der Waals surface area contributed by atoms with Crippen molar-refractivity contribution in [1.29, 1.82) is 0 Å². The van der Waals surface area contributed by atoms with Crippen LogP contribution in [0.4, 0.5) is 0 Å². The third-order valence-corrected chi connectivity index (χ3v) is 4.20. The van der Waals surface area contributed by atoms with Gasteiger partial charge >= 0.3 is 0 Å². The van der Waals surface area contributed by atoms with Crippen molar-refractivity contribution in [3.05, 3.63) is 0 Å². The molecule has 0 radical (unpaired) electrons. The van der Waals surface area contributed by atoms with E-state index in [1.165, 1.54) is 58.2 Å². The Balaban J connectivity index is 1.74. The predicted molar refractivity (Wildman–Crippen MR) is 69.7 cm³/mol. The van der Waals surface area contributed by atoms with E-state index in [4.69, 9.17) is 0 Å². The van der Waals surface area contributed by atoms with Crippen molar-refractivity contribution in [3.63, 3.8) is 0 Å². The molecule has 0 spiro atoms. The molecule has 2 heterocycles. The highest BCUT2D eigenvalue weighted by Crippen LogP contribution is 2.25. The Kier molecular flexibility index (Phi) is 4.66. The van der Waals surface area contributed by atoms with Gasteiger partial charge in [0.15, 0.2) is 0 Å². The molecule has 94 valence electrons. The number of nitrogens with one attached hydrogen (secondary N) is 1. The van der Waals surface area contributed by atoms with E-state index in [1.807, 2.05) is 0 Å². The molecular weight excluding hydrogens is 196 g/mol. The molecule has 2 aliphatic heterocycles. The number of nitrogens with zero attached hydrogens (tertiary/aromatic N) is 1. The molecule has 2 atom stereocenters. The maximum atomic E-state index is 3.69. The van der Waals surface area contributed by atoms with Gasteiger partial charge in [-0.1, -0.05) is 13.8 Å². The Morgan fingerprint density at radius 2 is 2.12 bits per heavy atom. The van der Waals surface area contributed by atoms with E-state index < -0.39 is 0 Å². The lowest BCUT2D eigenvalue weighted by Gasteiger charge is -2.29. The van der Waals surface area contributed by atoms with E-state index in [1.54, 1.807) is 0 Å². The van der Waals surface area contributed by atoms with Crippen molar-refractivity contribution < 1.29 is 0 Å². The Morgan fingerprint density at radius 3 is 2.81 bits per heavy atom. The third kappa shape index (κ3) is 3.21. The Bertz CT molecular complexity index is 197. The van der Waals surface area contributed by atoms with Crippen LogP contribution in [0.1, 0.15) is 52.4 Å². The first-order valence-corrected chi connectivity index (χ1v) is 7.25. The number of hydrogen-bond donors (Lipinski definition) is 1. The third-order valence-electron chi connectivity index (χ3n) is 4.20. The van der Waals surface area contributed by atoms with Crippen LogP contribution in [0.15, 0.2) is 0 Å². The van der Waals surface area contributed by atoms with Crippen molar-refractivity contribution in [2.45, 2.75) is 64.5 Å². The van der Waals surface area contributed by atoms with Gasteiger partial charge in [-0.2, -0.15) is 0 Å². The van der Waals surface area contributed by atoms with Crippen LogP contribution in [0.25, 0.3) is 0 Å². The van der Waals surface area contributed by atoms with Gasteiger partial charge in [0, 0.05) is 12.1 Å². The molecule has 0 bridgehead atoms. The summed E-state index contributed by atoms with van der Waals surface area (Å²) in [6, 6.07) is 1.66. The molecule has 2 rings (SSSR count). The van der Waals surface area contributed by atoms with Crippen LogP contribution >= 0.6 is 0 Å². The molecule has 2 aliphatic rings. The molecule has 0 amide bonds. The first-order valence-electron chi connectivity index (χ1n) is 7.25. The fourth-order valence-electron chi connectivity index (χ4n) is 3.33. The summed E-state index contributed by atoms with van der Waals surface area (Å²) in [6.45, 7) is 8.60. The smallest absolute Gasteiger partial charge is 0.0249 e. The monoisotopic (exact) mass is 224 g/mol. The maximum absolute atomic E-state index is 3.69. The summed E-state index contributed by atoms with van der Waals surface area (Å²) in [5.41, 5.74) is 0. The molecule has 2 heteroatoms. The normalized spacial score (nSPS) is 31.7. The van der Waals surface area contributed by atoms with E-state index in [0.717, 1.165) is 18.0 Å². The van der Waals surface area contributed by atoms with E-state index in [2.05, 4.69) is 24.1 Å². The molecule has 2 unspecified atom stereocenters. The molecule has 2 saturated heterocycles. The molecule has 2 fully saturated rings. The summed E-state index contributed by atoms with van der Waals surface area (Å²) >= 11 is 0. The lowest BCUT2D eigenvalue weighted by Crippen LogP contribution is -2.44. The molecule has 0 aromatic carbocycles. The lowest BCUT2D eigenvalue weighted by molar-refractivity contribution is 0.208. The van der Waals surface area contributed by atoms with Crippen LogP contribution in [-0.2, 0) is 0 Å². The molecule has 1 N–H and O–H groups in total. The average molecular weight is 224 g/mol. The van der Waals surface area contributed by atoms with Gasteiger partial charge in [0.05, 0.1) is 0 Å². The van der Waals surface area contributed by atoms with Gasteiger partial charge in [-0.15, -0.1) is 0 Å². The quantitative estimate of drug-likeness (QED) is 0.772. The fourth-order valence-corrected chi connectivity index (χ4v) is 3.33. The Labute approximate surface area is 101 Å². The Hall–Kier alpha value is -0.0800. The largest absolute Gasteiger partial charge is 0.312 e. The molecule has 0 aromatic heterocycles. The maximum Gasteiger partial charge on any atom is 0.0249 e. The summed E-state index contributed by atoms with van der Waals surface area (Å²) in [5, 5.41) is 3.69. The molecule has 16 heavy (non-hydrogen) atoms. The minimum absolute atomic E-state index is 0.807. The van der Waals surface area contributed by atoms with Crippen molar-refractivity contribution in [2.75, 3.05) is 19.6 Å². The van der Waals surface area contributed by atoms with Crippen LogP contribution in [0.2, 0.25) is 0 Å². The van der Waals surface area contributed by atoms with Crippen LogP contribution in [-0.4, -0.2) is 36.6 Å². The zero-order chi connectivity index (χ0) is 11.4. The highest BCUT2D eigenvalue weighted by molar-refractivity contribution is 4.91. The fraction of sp³-hybridized carbons (Fsp3) is 1.00. The SMILES string of the molecule is CC(C)CCCN1CCCC1C1CCCN1. The van der Waals surface area contributed by atoms with E-state index in [9.17, 15) is 0 Å². The van der Waals surface area contributed by atoms with Gasteiger partial charge in [-0.25, -0.2) is 0 Å². The van der Waals surface area contributed by atoms with Crippen molar-refractivity contribution >= 4 is 0 Å². The van der Waals surface area contributed by atoms with Crippen LogP contribution in [0, 0.1) is 5.92 Å². The Morgan fingerprint density at radius 1 is 1.25 bits per heavy atom. The molecule has 2 nitrogen and oxygen atoms in total. The van der Waals surface area contributed by atoms with Gasteiger partial charge in [-0.05, 0) is 64.1 Å². The zero-order valence-electron chi connectivity index (χ0n) is 11.0. The van der Waals surface area contributed by atoms with Crippen molar-refractivity contribution in [3.8, 4) is 0 Å². The van der Waals surface area contributed by atoms with Gasteiger partial charge in [0.1, 0.15) is 0 Å². The second kappa shape index (κ2) is 6.02. The van der Waals surface area contributed by atoms with Crippen molar-refractivity contribution in [2.24, 2.45) is 5.92 Å². The molecule has 0 aliphatic carbocycles. The highest BCUT2D eigenvalue weighted by atomic mass is 15.2. The van der Waals surface area contributed by atoms with Crippen LogP contribution < -0.4 is 5.32 Å². The van der Waals surface area contributed by atoms with Gasteiger partial charge in [-0.3, -0.25) is 4.90 Å². The highest BCUT2D eigenvalue weighted by Gasteiger charge is 2.32. The molecule has 0 saturated carbocycles. The first-order chi connectivity index (χ1) is 7.77. The van der Waals surface area contributed by atoms with Gasteiger partial charge < -0.3 is 5.32 Å². The summed E-state index contributed by atoms with van der Waals surface area (Å²) in [4.78, 5) is 2.76. The van der Waals surface area contributed by atoms with Gasteiger partial charge in [0.25, 0.3) is 0 Å². The van der Waals surface area contributed by atoms with E-state index in [-0.39, 0.29) is 0 Å². The minimum Gasteiger partial charge on any atom is -0.312 e. The first kappa shape index (κ1) is 12.4. The molecular formula is C14H28N2. The number of rotatable bonds is 5. The van der Waals surface area contributed by atoms with E-state index >= 15 is 0 Å². The predicted octanol–water partition coefficient (Wildman–Crippen LogP) is 2.64. The second-order valence-electron chi connectivity index (χ2n) is 5.98. The summed E-state index contributed by atoms with van der Waals surface area (Å²) in [7, 11) is 0. The minimum atomic E-state index is 0.807. The lowest BCUT2D eigenvalue weighted by atomic mass is 10.0. The van der Waals surface area contributed by atoms with Crippen LogP contribution in [0.5, 0.6) is 0 Å². The van der Waals surface area contributed by atoms with Gasteiger partial charge in [0.2, 0.25) is 0 Å². The summed E-state index contributed by atoms with van der Waals surface area (Å²) in [5.74, 6) is 0.866. The number of hydrogen-bond acceptors (Lipinski definition) is 2. The average Bonchev–Trinajstić information content (AvgIpc) is 2.84. The van der Waals surface area contributed by atoms with E-state index in [0.29, 0.717) is 0 Å². The number of likely N-dealkylation sites (tertiary alicyclic amines) is 1. The summed E-state index contributed by atoms with van der Waals surface area (Å²) in [6.07, 6.45) is 8.43.